The predicted molar refractivity (Wildman–Crippen MR) is 69.1 cm³/mol. The molecule has 1 aliphatic heterocycles. The molecule has 0 aromatic heterocycles. The van der Waals surface area contributed by atoms with E-state index in [-0.39, 0.29) is 11.8 Å². The summed E-state index contributed by atoms with van der Waals surface area (Å²) in [6.07, 6.45) is 2.78. The molecule has 0 radical (unpaired) electrons. The molecule has 0 saturated heterocycles. The lowest BCUT2D eigenvalue weighted by molar-refractivity contribution is 0.104. The van der Waals surface area contributed by atoms with Gasteiger partial charge in [-0.15, -0.1) is 0 Å². The molecule has 18 heavy (non-hydrogen) atoms. The molecule has 1 aliphatic rings. The van der Waals surface area contributed by atoms with Gasteiger partial charge in [0, 0.05) is 24.9 Å². The number of carbonyl (C=O) groups excluding carboxylic acids is 2. The lowest BCUT2D eigenvalue weighted by Gasteiger charge is -2.21. The first-order valence-corrected chi connectivity index (χ1v) is 5.68. The molecule has 2 amide bonds. The summed E-state index contributed by atoms with van der Waals surface area (Å²) in [5.41, 5.74) is 0.858. The molecular weight excluding hydrogens is 252 g/mol. The third kappa shape index (κ3) is 2.60. The number of halogens is 1. The van der Waals surface area contributed by atoms with Crippen LogP contribution in [0.5, 0.6) is 0 Å². The third-order valence-electron chi connectivity index (χ3n) is 2.46. The number of ketones is 1. The zero-order valence-corrected chi connectivity index (χ0v) is 10.4. The Labute approximate surface area is 110 Å². The molecule has 1 N–H and O–H groups in total. The number of rotatable bonds is 2. The number of hydrogen-bond donors (Lipinski definition) is 1. The molecule has 0 aliphatic carbocycles. The van der Waals surface area contributed by atoms with Gasteiger partial charge in [-0.1, -0.05) is 41.9 Å². The van der Waals surface area contributed by atoms with E-state index in [1.807, 2.05) is 6.07 Å². The van der Waals surface area contributed by atoms with Gasteiger partial charge < -0.3 is 10.2 Å². The van der Waals surface area contributed by atoms with Crippen LogP contribution in [0.1, 0.15) is 10.4 Å². The molecular formula is C13H11ClN2O2. The standard InChI is InChI=1S/C13H11ClN2O2/c1-16-8-10(14)11(15-13(16)18)7-12(17)9-5-3-2-4-6-9/h2-8H,1H3,(H,15,18)/b11-7+. The van der Waals surface area contributed by atoms with Gasteiger partial charge in [-0.3, -0.25) is 4.79 Å². The average Bonchev–Trinajstić information content (AvgIpc) is 2.37. The maximum absolute atomic E-state index is 11.9. The van der Waals surface area contributed by atoms with Crippen molar-refractivity contribution in [1.29, 1.82) is 0 Å². The number of hydrogen-bond acceptors (Lipinski definition) is 2. The average molecular weight is 263 g/mol. The zero-order chi connectivity index (χ0) is 13.1. The van der Waals surface area contributed by atoms with Gasteiger partial charge >= 0.3 is 6.03 Å². The van der Waals surface area contributed by atoms with Crippen LogP contribution >= 0.6 is 11.6 Å². The highest BCUT2D eigenvalue weighted by Crippen LogP contribution is 2.18. The second kappa shape index (κ2) is 5.06. The number of urea groups is 1. The van der Waals surface area contributed by atoms with Crippen molar-refractivity contribution in [2.75, 3.05) is 7.05 Å². The third-order valence-corrected chi connectivity index (χ3v) is 2.76. The fourth-order valence-corrected chi connectivity index (χ4v) is 1.73. The van der Waals surface area contributed by atoms with Crippen molar-refractivity contribution in [2.45, 2.75) is 0 Å². The van der Waals surface area contributed by atoms with E-state index in [1.54, 1.807) is 31.3 Å². The van der Waals surface area contributed by atoms with Gasteiger partial charge in [0.2, 0.25) is 0 Å². The van der Waals surface area contributed by atoms with Crippen LogP contribution in [0, 0.1) is 0 Å². The number of amides is 2. The molecule has 4 nitrogen and oxygen atoms in total. The van der Waals surface area contributed by atoms with Crippen molar-refractivity contribution < 1.29 is 9.59 Å². The summed E-state index contributed by atoms with van der Waals surface area (Å²) in [6.45, 7) is 0. The summed E-state index contributed by atoms with van der Waals surface area (Å²) in [6, 6.07) is 8.45. The van der Waals surface area contributed by atoms with Crippen LogP contribution in [-0.2, 0) is 0 Å². The van der Waals surface area contributed by atoms with E-state index in [1.165, 1.54) is 17.2 Å². The van der Waals surface area contributed by atoms with Gasteiger partial charge in [0.05, 0.1) is 10.7 Å². The monoisotopic (exact) mass is 262 g/mol. The molecule has 5 heteroatoms. The molecule has 0 atom stereocenters. The molecule has 1 heterocycles. The summed E-state index contributed by atoms with van der Waals surface area (Å²) in [5.74, 6) is -0.206. The summed E-state index contributed by atoms with van der Waals surface area (Å²) in [5, 5.41) is 2.86. The van der Waals surface area contributed by atoms with E-state index in [4.69, 9.17) is 11.6 Å². The van der Waals surface area contributed by atoms with Crippen molar-refractivity contribution in [1.82, 2.24) is 10.2 Å². The number of carbonyl (C=O) groups is 2. The van der Waals surface area contributed by atoms with Crippen LogP contribution in [0.15, 0.2) is 53.3 Å². The molecule has 0 saturated carbocycles. The van der Waals surface area contributed by atoms with Gasteiger partial charge in [0.15, 0.2) is 5.78 Å². The van der Waals surface area contributed by atoms with Gasteiger partial charge in [0.25, 0.3) is 0 Å². The molecule has 0 unspecified atom stereocenters. The van der Waals surface area contributed by atoms with E-state index in [0.29, 0.717) is 16.3 Å². The highest BCUT2D eigenvalue weighted by Gasteiger charge is 2.18. The first kappa shape index (κ1) is 12.4. The van der Waals surface area contributed by atoms with Gasteiger partial charge in [-0.2, -0.15) is 0 Å². The molecule has 0 bridgehead atoms. The summed E-state index contributed by atoms with van der Waals surface area (Å²) >= 11 is 5.96. The topological polar surface area (TPSA) is 49.4 Å². The number of nitrogens with one attached hydrogen (secondary N) is 1. The SMILES string of the molecule is CN1C=C(Cl)/C(=C\C(=O)c2ccccc2)NC1=O. The quantitative estimate of drug-likeness (QED) is 0.658. The Kier molecular flexibility index (Phi) is 3.48. The molecule has 92 valence electrons. The van der Waals surface area contributed by atoms with Crippen molar-refractivity contribution in [3.63, 3.8) is 0 Å². The number of nitrogens with zero attached hydrogens (tertiary/aromatic N) is 1. The van der Waals surface area contributed by atoms with Crippen LogP contribution in [0.4, 0.5) is 4.79 Å². The van der Waals surface area contributed by atoms with Crippen LogP contribution in [0.2, 0.25) is 0 Å². The largest absolute Gasteiger partial charge is 0.325 e. The van der Waals surface area contributed by atoms with Crippen molar-refractivity contribution in [3.05, 3.63) is 58.9 Å². The maximum Gasteiger partial charge on any atom is 0.325 e. The molecule has 0 fully saturated rings. The zero-order valence-electron chi connectivity index (χ0n) is 9.68. The Morgan fingerprint density at radius 1 is 1.33 bits per heavy atom. The van der Waals surface area contributed by atoms with E-state index < -0.39 is 0 Å². The maximum atomic E-state index is 11.9. The van der Waals surface area contributed by atoms with Gasteiger partial charge in [0.1, 0.15) is 0 Å². The van der Waals surface area contributed by atoms with E-state index in [9.17, 15) is 9.59 Å². The van der Waals surface area contributed by atoms with Gasteiger partial charge in [-0.05, 0) is 0 Å². The Morgan fingerprint density at radius 3 is 2.67 bits per heavy atom. The number of allylic oxidation sites excluding steroid dienone is 2. The van der Waals surface area contributed by atoms with Gasteiger partial charge in [-0.25, -0.2) is 4.79 Å². The fraction of sp³-hybridized carbons (Fsp3) is 0.0769. The highest BCUT2D eigenvalue weighted by atomic mass is 35.5. The molecule has 0 spiro atoms. The highest BCUT2D eigenvalue weighted by molar-refractivity contribution is 6.33. The predicted octanol–water partition coefficient (Wildman–Crippen LogP) is 2.49. The molecule has 1 aromatic rings. The first-order chi connectivity index (χ1) is 8.58. The minimum Gasteiger partial charge on any atom is -0.306 e. The minimum absolute atomic E-state index is 0.206. The second-order valence-electron chi connectivity index (χ2n) is 3.81. The molecule has 2 rings (SSSR count). The number of benzene rings is 1. The van der Waals surface area contributed by atoms with Crippen LogP contribution < -0.4 is 5.32 Å². The minimum atomic E-state index is -0.327. The normalized spacial score (nSPS) is 17.4. The second-order valence-corrected chi connectivity index (χ2v) is 4.21. The lowest BCUT2D eigenvalue weighted by atomic mass is 10.1. The Balaban J connectivity index is 2.27. The van der Waals surface area contributed by atoms with Crippen molar-refractivity contribution >= 4 is 23.4 Å². The van der Waals surface area contributed by atoms with E-state index in [2.05, 4.69) is 5.32 Å². The van der Waals surface area contributed by atoms with E-state index in [0.717, 1.165) is 0 Å². The van der Waals surface area contributed by atoms with E-state index >= 15 is 0 Å². The van der Waals surface area contributed by atoms with Crippen molar-refractivity contribution in [3.8, 4) is 0 Å². The Hall–Kier alpha value is -2.07. The lowest BCUT2D eigenvalue weighted by Crippen LogP contribution is -2.37. The summed E-state index contributed by atoms with van der Waals surface area (Å²) in [4.78, 5) is 24.7. The van der Waals surface area contributed by atoms with Crippen LogP contribution in [-0.4, -0.2) is 23.8 Å². The fourth-order valence-electron chi connectivity index (χ4n) is 1.48. The summed E-state index contributed by atoms with van der Waals surface area (Å²) < 4.78 is 0. The Bertz CT molecular complexity index is 549. The molecule has 1 aromatic carbocycles. The first-order valence-electron chi connectivity index (χ1n) is 5.30. The van der Waals surface area contributed by atoms with Crippen LogP contribution in [0.25, 0.3) is 0 Å². The smallest absolute Gasteiger partial charge is 0.306 e. The Morgan fingerprint density at radius 2 is 2.00 bits per heavy atom. The van der Waals surface area contributed by atoms with Crippen LogP contribution in [0.3, 0.4) is 0 Å². The summed E-state index contributed by atoms with van der Waals surface area (Å²) in [7, 11) is 1.58. The van der Waals surface area contributed by atoms with Crippen molar-refractivity contribution in [2.24, 2.45) is 0 Å².